The van der Waals surface area contributed by atoms with Crippen LogP contribution >= 0.6 is 15.9 Å². The molecular formula is C9H11BrN2O. The van der Waals surface area contributed by atoms with Crippen LogP contribution in [0.25, 0.3) is 0 Å². The van der Waals surface area contributed by atoms with Crippen LogP contribution in [0.15, 0.2) is 10.8 Å². The summed E-state index contributed by atoms with van der Waals surface area (Å²) in [5.41, 5.74) is 0.645. The van der Waals surface area contributed by atoms with Gasteiger partial charge in [0, 0.05) is 0 Å². The average Bonchev–Trinajstić information content (AvgIpc) is 2.72. The highest BCUT2D eigenvalue weighted by molar-refractivity contribution is 9.10. The Balaban J connectivity index is 2.29. The molecule has 0 spiro atoms. The molecule has 0 aromatic carbocycles. The van der Waals surface area contributed by atoms with Gasteiger partial charge in [0.2, 0.25) is 0 Å². The molecule has 0 bridgehead atoms. The molecular weight excluding hydrogens is 232 g/mol. The van der Waals surface area contributed by atoms with E-state index in [2.05, 4.69) is 21.0 Å². The van der Waals surface area contributed by atoms with Crippen molar-refractivity contribution in [2.45, 2.75) is 31.7 Å². The molecule has 2 rings (SSSR count). The zero-order valence-corrected chi connectivity index (χ0v) is 8.83. The molecule has 0 N–H and O–H groups in total. The smallest absolute Gasteiger partial charge is 0.154 e. The number of nitrogens with zero attached hydrogens (tertiary/aromatic N) is 2. The lowest BCUT2D eigenvalue weighted by Crippen LogP contribution is -2.06. The first-order chi connectivity index (χ1) is 6.33. The van der Waals surface area contributed by atoms with E-state index in [9.17, 15) is 4.79 Å². The Hall–Kier alpha value is -0.640. The zero-order chi connectivity index (χ0) is 9.26. The number of aromatic nitrogens is 2. The van der Waals surface area contributed by atoms with Crippen LogP contribution in [0, 0.1) is 0 Å². The van der Waals surface area contributed by atoms with Crippen LogP contribution < -0.4 is 0 Å². The normalized spacial score (nSPS) is 17.9. The minimum atomic E-state index is 0.489. The molecule has 4 heteroatoms. The van der Waals surface area contributed by atoms with E-state index >= 15 is 0 Å². The summed E-state index contributed by atoms with van der Waals surface area (Å²) in [6.07, 6.45) is 7.36. The third-order valence-electron chi connectivity index (χ3n) is 2.56. The van der Waals surface area contributed by atoms with Crippen molar-refractivity contribution in [2.75, 3.05) is 0 Å². The first-order valence-corrected chi connectivity index (χ1v) is 5.30. The van der Waals surface area contributed by atoms with Crippen LogP contribution in [-0.4, -0.2) is 16.1 Å². The summed E-state index contributed by atoms with van der Waals surface area (Å²) in [5, 5.41) is 4.21. The fourth-order valence-electron chi connectivity index (χ4n) is 1.84. The number of halogens is 1. The van der Waals surface area contributed by atoms with E-state index in [1.54, 1.807) is 6.20 Å². The molecule has 1 saturated carbocycles. The van der Waals surface area contributed by atoms with Crippen LogP contribution in [0.2, 0.25) is 0 Å². The van der Waals surface area contributed by atoms with E-state index < -0.39 is 0 Å². The number of aldehydes is 1. The van der Waals surface area contributed by atoms with E-state index in [1.807, 2.05) is 4.68 Å². The van der Waals surface area contributed by atoms with Crippen LogP contribution in [0.4, 0.5) is 0 Å². The van der Waals surface area contributed by atoms with E-state index in [4.69, 9.17) is 0 Å². The summed E-state index contributed by atoms with van der Waals surface area (Å²) in [5.74, 6) is 0. The van der Waals surface area contributed by atoms with Crippen molar-refractivity contribution in [3.8, 4) is 0 Å². The van der Waals surface area contributed by atoms with Crippen molar-refractivity contribution in [3.05, 3.63) is 16.4 Å². The molecule has 1 aliphatic rings. The topological polar surface area (TPSA) is 34.9 Å². The second kappa shape index (κ2) is 3.62. The SMILES string of the molecule is O=Cc1cnn(C2CCCC2)c1Br. The Labute approximate surface area is 85.3 Å². The molecule has 3 nitrogen and oxygen atoms in total. The quantitative estimate of drug-likeness (QED) is 0.748. The molecule has 0 unspecified atom stereocenters. The first-order valence-electron chi connectivity index (χ1n) is 4.51. The monoisotopic (exact) mass is 242 g/mol. The Morgan fingerprint density at radius 1 is 1.54 bits per heavy atom. The van der Waals surface area contributed by atoms with Crippen molar-refractivity contribution in [2.24, 2.45) is 0 Å². The maximum atomic E-state index is 10.6. The fraction of sp³-hybridized carbons (Fsp3) is 0.556. The van der Waals surface area contributed by atoms with Gasteiger partial charge in [-0.25, -0.2) is 0 Å². The van der Waals surface area contributed by atoms with Crippen LogP contribution in [0.3, 0.4) is 0 Å². The maximum Gasteiger partial charge on any atom is 0.154 e. The van der Waals surface area contributed by atoms with Gasteiger partial charge in [0.05, 0.1) is 17.8 Å². The van der Waals surface area contributed by atoms with Crippen LogP contribution in [0.1, 0.15) is 42.1 Å². The molecule has 0 atom stereocenters. The van der Waals surface area contributed by atoms with Gasteiger partial charge < -0.3 is 0 Å². The molecule has 13 heavy (non-hydrogen) atoms. The lowest BCUT2D eigenvalue weighted by Gasteiger charge is -2.10. The molecule has 0 saturated heterocycles. The van der Waals surface area contributed by atoms with Crippen molar-refractivity contribution < 1.29 is 4.79 Å². The fourth-order valence-corrected chi connectivity index (χ4v) is 2.42. The van der Waals surface area contributed by atoms with Crippen molar-refractivity contribution in [3.63, 3.8) is 0 Å². The van der Waals surface area contributed by atoms with Gasteiger partial charge >= 0.3 is 0 Å². The first kappa shape index (κ1) is 8.94. The molecule has 0 aliphatic heterocycles. The third kappa shape index (κ3) is 1.55. The molecule has 1 fully saturated rings. The van der Waals surface area contributed by atoms with Gasteiger partial charge in [-0.2, -0.15) is 5.10 Å². The number of carbonyl (C=O) groups is 1. The predicted molar refractivity (Wildman–Crippen MR) is 52.8 cm³/mol. The van der Waals surface area contributed by atoms with Gasteiger partial charge in [-0.1, -0.05) is 12.8 Å². The third-order valence-corrected chi connectivity index (χ3v) is 3.38. The second-order valence-corrected chi connectivity index (χ2v) is 4.14. The summed E-state index contributed by atoms with van der Waals surface area (Å²) >= 11 is 3.39. The van der Waals surface area contributed by atoms with E-state index in [0.29, 0.717) is 11.6 Å². The van der Waals surface area contributed by atoms with Crippen LogP contribution in [-0.2, 0) is 0 Å². The largest absolute Gasteiger partial charge is 0.298 e. The highest BCUT2D eigenvalue weighted by Crippen LogP contribution is 2.32. The number of rotatable bonds is 2. The molecule has 70 valence electrons. The number of carbonyl (C=O) groups excluding carboxylic acids is 1. The summed E-state index contributed by atoms with van der Waals surface area (Å²) in [7, 11) is 0. The summed E-state index contributed by atoms with van der Waals surface area (Å²) in [6.45, 7) is 0. The lowest BCUT2D eigenvalue weighted by atomic mass is 10.2. The maximum absolute atomic E-state index is 10.6. The number of hydrogen-bond acceptors (Lipinski definition) is 2. The molecule has 1 heterocycles. The standard InChI is InChI=1S/C9H11BrN2O/c10-9-7(6-13)5-11-12(9)8-3-1-2-4-8/h5-6,8H,1-4H2. The summed E-state index contributed by atoms with van der Waals surface area (Å²) in [4.78, 5) is 10.6. The Morgan fingerprint density at radius 3 is 2.77 bits per heavy atom. The molecule has 0 amide bonds. The van der Waals surface area contributed by atoms with E-state index in [-0.39, 0.29) is 0 Å². The van der Waals surface area contributed by atoms with Gasteiger partial charge in [-0.3, -0.25) is 9.48 Å². The van der Waals surface area contributed by atoms with E-state index in [0.717, 1.165) is 10.9 Å². The van der Waals surface area contributed by atoms with Crippen molar-refractivity contribution in [1.82, 2.24) is 9.78 Å². The summed E-state index contributed by atoms with van der Waals surface area (Å²) in [6, 6.07) is 0.489. The molecule has 1 aliphatic carbocycles. The van der Waals surface area contributed by atoms with Gasteiger partial charge in [-0.05, 0) is 28.8 Å². The Kier molecular flexibility index (Phi) is 2.49. The van der Waals surface area contributed by atoms with Crippen molar-refractivity contribution in [1.29, 1.82) is 0 Å². The second-order valence-electron chi connectivity index (χ2n) is 3.39. The predicted octanol–water partition coefficient (Wildman–Crippen LogP) is 2.57. The lowest BCUT2D eigenvalue weighted by molar-refractivity contribution is 0.112. The Bertz CT molecular complexity index is 315. The number of hydrogen-bond donors (Lipinski definition) is 0. The molecule has 0 radical (unpaired) electrons. The zero-order valence-electron chi connectivity index (χ0n) is 7.24. The molecule has 1 aromatic rings. The van der Waals surface area contributed by atoms with Gasteiger partial charge in [-0.15, -0.1) is 0 Å². The molecule has 1 aromatic heterocycles. The van der Waals surface area contributed by atoms with Gasteiger partial charge in [0.25, 0.3) is 0 Å². The minimum absolute atomic E-state index is 0.489. The minimum Gasteiger partial charge on any atom is -0.298 e. The van der Waals surface area contributed by atoms with Gasteiger partial charge in [0.15, 0.2) is 6.29 Å². The van der Waals surface area contributed by atoms with Crippen LogP contribution in [0.5, 0.6) is 0 Å². The highest BCUT2D eigenvalue weighted by atomic mass is 79.9. The highest BCUT2D eigenvalue weighted by Gasteiger charge is 2.20. The van der Waals surface area contributed by atoms with E-state index in [1.165, 1.54) is 25.7 Å². The van der Waals surface area contributed by atoms with Crippen molar-refractivity contribution >= 4 is 22.2 Å². The average molecular weight is 243 g/mol. The Morgan fingerprint density at radius 2 is 2.23 bits per heavy atom. The van der Waals surface area contributed by atoms with Gasteiger partial charge in [0.1, 0.15) is 4.60 Å². The summed E-state index contributed by atoms with van der Waals surface area (Å²) < 4.78 is 2.76.